The molecule has 98 valence electrons. The fraction of sp³-hybridized carbons (Fsp3) is 0.818. The van der Waals surface area contributed by atoms with E-state index in [1.54, 1.807) is 11.8 Å². The zero-order valence-corrected chi connectivity index (χ0v) is 10.8. The second kappa shape index (κ2) is 5.35. The van der Waals surface area contributed by atoms with E-state index in [1.165, 1.54) is 0 Å². The van der Waals surface area contributed by atoms with Crippen LogP contribution in [0.1, 0.15) is 20.3 Å². The van der Waals surface area contributed by atoms with Crippen molar-refractivity contribution in [1.82, 2.24) is 9.80 Å². The number of oxime groups is 1. The second-order valence-electron chi connectivity index (χ2n) is 4.77. The lowest BCUT2D eigenvalue weighted by Crippen LogP contribution is -2.55. The van der Waals surface area contributed by atoms with Crippen LogP contribution >= 0.6 is 0 Å². The fourth-order valence-corrected chi connectivity index (χ4v) is 1.91. The summed E-state index contributed by atoms with van der Waals surface area (Å²) in [6.07, 6.45) is 0.522. The van der Waals surface area contributed by atoms with Crippen molar-refractivity contribution in [2.24, 2.45) is 16.3 Å². The van der Waals surface area contributed by atoms with Crippen LogP contribution in [-0.2, 0) is 4.79 Å². The highest BCUT2D eigenvalue weighted by Crippen LogP contribution is 2.25. The van der Waals surface area contributed by atoms with Crippen LogP contribution in [0.3, 0.4) is 0 Å². The molecule has 0 radical (unpaired) electrons. The molecule has 0 spiro atoms. The Morgan fingerprint density at radius 1 is 1.41 bits per heavy atom. The largest absolute Gasteiger partial charge is 0.409 e. The first-order chi connectivity index (χ1) is 7.95. The Kier molecular flexibility index (Phi) is 4.34. The summed E-state index contributed by atoms with van der Waals surface area (Å²) in [5, 5.41) is 11.8. The van der Waals surface area contributed by atoms with Gasteiger partial charge >= 0.3 is 0 Å². The molecule has 1 aliphatic rings. The molecule has 1 unspecified atom stereocenters. The maximum atomic E-state index is 12.4. The van der Waals surface area contributed by atoms with E-state index < -0.39 is 5.41 Å². The van der Waals surface area contributed by atoms with Gasteiger partial charge in [0.25, 0.3) is 0 Å². The molecule has 1 fully saturated rings. The smallest absolute Gasteiger partial charge is 0.236 e. The molecule has 1 atom stereocenters. The van der Waals surface area contributed by atoms with Gasteiger partial charge in [-0.3, -0.25) is 4.79 Å². The first kappa shape index (κ1) is 13.8. The second-order valence-corrected chi connectivity index (χ2v) is 4.77. The number of amidine groups is 1. The van der Waals surface area contributed by atoms with Crippen LogP contribution in [-0.4, -0.2) is 60.0 Å². The van der Waals surface area contributed by atoms with Crippen LogP contribution in [0.2, 0.25) is 0 Å². The monoisotopic (exact) mass is 242 g/mol. The molecule has 1 rings (SSSR count). The number of nitrogens with two attached hydrogens (primary N) is 1. The Morgan fingerprint density at radius 2 is 1.94 bits per heavy atom. The quantitative estimate of drug-likeness (QED) is 0.314. The summed E-state index contributed by atoms with van der Waals surface area (Å²) in [7, 11) is 2.03. The normalized spacial score (nSPS) is 22.3. The summed E-state index contributed by atoms with van der Waals surface area (Å²) in [6.45, 7) is 6.71. The van der Waals surface area contributed by atoms with Crippen LogP contribution < -0.4 is 5.73 Å². The number of hydrogen-bond acceptors (Lipinski definition) is 4. The average Bonchev–Trinajstić information content (AvgIpc) is 2.36. The standard InChI is InChI=1S/C11H22N4O2/c1-4-11(2,9(12)13-17)10(16)15-7-5-14(3)6-8-15/h17H,4-8H2,1-3H3,(H2,12,13). The molecule has 1 saturated heterocycles. The summed E-state index contributed by atoms with van der Waals surface area (Å²) < 4.78 is 0. The van der Waals surface area contributed by atoms with Gasteiger partial charge in [0.15, 0.2) is 5.84 Å². The van der Waals surface area contributed by atoms with Crippen molar-refractivity contribution in [3.8, 4) is 0 Å². The minimum Gasteiger partial charge on any atom is -0.409 e. The van der Waals surface area contributed by atoms with Gasteiger partial charge in [-0.25, -0.2) is 0 Å². The van der Waals surface area contributed by atoms with Gasteiger partial charge in [-0.15, -0.1) is 0 Å². The molecule has 0 saturated carbocycles. The third-order valence-corrected chi connectivity index (χ3v) is 3.64. The van der Waals surface area contributed by atoms with E-state index in [2.05, 4.69) is 10.1 Å². The Hall–Kier alpha value is -1.30. The number of likely N-dealkylation sites (N-methyl/N-ethyl adjacent to an activating group) is 1. The molecule has 1 amide bonds. The molecule has 0 aromatic rings. The van der Waals surface area contributed by atoms with E-state index in [0.29, 0.717) is 19.5 Å². The topological polar surface area (TPSA) is 82.2 Å². The first-order valence-corrected chi connectivity index (χ1v) is 5.91. The fourth-order valence-electron chi connectivity index (χ4n) is 1.91. The molecule has 1 heterocycles. The lowest BCUT2D eigenvalue weighted by atomic mass is 9.84. The molecule has 3 N–H and O–H groups in total. The Bertz CT molecular complexity index is 311. The van der Waals surface area contributed by atoms with Crippen molar-refractivity contribution in [3.63, 3.8) is 0 Å². The molecule has 1 aliphatic heterocycles. The molecule has 6 heteroatoms. The molecule has 0 aromatic heterocycles. The minimum atomic E-state index is -0.898. The summed E-state index contributed by atoms with van der Waals surface area (Å²) in [4.78, 5) is 16.4. The lowest BCUT2D eigenvalue weighted by molar-refractivity contribution is -0.139. The van der Waals surface area contributed by atoms with Gasteiger partial charge in [-0.2, -0.15) is 0 Å². The minimum absolute atomic E-state index is 0.0103. The van der Waals surface area contributed by atoms with Gasteiger partial charge in [0.1, 0.15) is 5.41 Å². The third-order valence-electron chi connectivity index (χ3n) is 3.64. The zero-order valence-electron chi connectivity index (χ0n) is 10.8. The highest BCUT2D eigenvalue weighted by Gasteiger charge is 2.40. The van der Waals surface area contributed by atoms with Gasteiger partial charge in [0.2, 0.25) is 5.91 Å². The highest BCUT2D eigenvalue weighted by molar-refractivity contribution is 6.06. The molecule has 0 aromatic carbocycles. The van der Waals surface area contributed by atoms with Gasteiger partial charge in [-0.05, 0) is 20.4 Å². The molecule has 0 aliphatic carbocycles. The third kappa shape index (κ3) is 2.69. The van der Waals surface area contributed by atoms with Crippen molar-refractivity contribution >= 4 is 11.7 Å². The zero-order chi connectivity index (χ0) is 13.1. The van der Waals surface area contributed by atoms with Gasteiger partial charge in [-0.1, -0.05) is 12.1 Å². The van der Waals surface area contributed by atoms with E-state index in [-0.39, 0.29) is 11.7 Å². The van der Waals surface area contributed by atoms with Gasteiger partial charge in [0.05, 0.1) is 0 Å². The number of carbonyl (C=O) groups excluding carboxylic acids is 1. The van der Waals surface area contributed by atoms with Crippen molar-refractivity contribution in [2.75, 3.05) is 33.2 Å². The van der Waals surface area contributed by atoms with E-state index >= 15 is 0 Å². The van der Waals surface area contributed by atoms with E-state index in [9.17, 15) is 4.79 Å². The number of nitrogens with zero attached hydrogens (tertiary/aromatic N) is 3. The summed E-state index contributed by atoms with van der Waals surface area (Å²) in [6, 6.07) is 0. The van der Waals surface area contributed by atoms with E-state index in [0.717, 1.165) is 13.1 Å². The van der Waals surface area contributed by atoms with Gasteiger partial charge < -0.3 is 20.7 Å². The van der Waals surface area contributed by atoms with Crippen molar-refractivity contribution < 1.29 is 10.0 Å². The average molecular weight is 242 g/mol. The van der Waals surface area contributed by atoms with Gasteiger partial charge in [0, 0.05) is 26.2 Å². The van der Waals surface area contributed by atoms with Crippen molar-refractivity contribution in [3.05, 3.63) is 0 Å². The summed E-state index contributed by atoms with van der Waals surface area (Å²) in [5.74, 6) is -0.0627. The number of rotatable bonds is 3. The van der Waals surface area contributed by atoms with Crippen LogP contribution in [0.5, 0.6) is 0 Å². The molecule has 6 nitrogen and oxygen atoms in total. The summed E-state index contributed by atoms with van der Waals surface area (Å²) >= 11 is 0. The molecule has 17 heavy (non-hydrogen) atoms. The van der Waals surface area contributed by atoms with E-state index in [1.807, 2.05) is 14.0 Å². The Labute approximate surface area is 102 Å². The predicted molar refractivity (Wildman–Crippen MR) is 65.9 cm³/mol. The van der Waals surface area contributed by atoms with Crippen LogP contribution in [0.15, 0.2) is 5.16 Å². The van der Waals surface area contributed by atoms with Crippen LogP contribution in [0.25, 0.3) is 0 Å². The maximum absolute atomic E-state index is 12.4. The molecular formula is C11H22N4O2. The number of piperazine rings is 1. The van der Waals surface area contributed by atoms with Crippen molar-refractivity contribution in [1.29, 1.82) is 0 Å². The number of amides is 1. The molecule has 0 bridgehead atoms. The summed E-state index contributed by atoms with van der Waals surface area (Å²) in [5.41, 5.74) is 4.74. The van der Waals surface area contributed by atoms with Crippen molar-refractivity contribution in [2.45, 2.75) is 20.3 Å². The molecular weight excluding hydrogens is 220 g/mol. The first-order valence-electron chi connectivity index (χ1n) is 5.91. The Morgan fingerprint density at radius 3 is 2.35 bits per heavy atom. The van der Waals surface area contributed by atoms with E-state index in [4.69, 9.17) is 10.9 Å². The number of carbonyl (C=O) groups is 1. The van der Waals surface area contributed by atoms with Crippen LogP contribution in [0.4, 0.5) is 0 Å². The number of hydrogen-bond donors (Lipinski definition) is 2. The lowest BCUT2D eigenvalue weighted by Gasteiger charge is -2.37. The SMILES string of the molecule is CCC(C)(C(=O)N1CCN(C)CC1)C(N)=NO. The highest BCUT2D eigenvalue weighted by atomic mass is 16.4. The maximum Gasteiger partial charge on any atom is 0.236 e. The van der Waals surface area contributed by atoms with Crippen LogP contribution in [0, 0.1) is 5.41 Å². The predicted octanol–water partition coefficient (Wildman–Crippen LogP) is -0.0769. The Balaban J connectivity index is 2.80.